The van der Waals surface area contributed by atoms with E-state index in [4.69, 9.17) is 5.10 Å². The van der Waals surface area contributed by atoms with Crippen LogP contribution >= 0.6 is 0 Å². The van der Waals surface area contributed by atoms with Gasteiger partial charge in [0.25, 0.3) is 5.56 Å². The summed E-state index contributed by atoms with van der Waals surface area (Å²) in [6.07, 6.45) is 1.77. The summed E-state index contributed by atoms with van der Waals surface area (Å²) in [5.74, 6) is 0.179. The number of rotatable bonds is 4. The van der Waals surface area contributed by atoms with Gasteiger partial charge in [0.2, 0.25) is 0 Å². The molecule has 0 unspecified atom stereocenters. The van der Waals surface area contributed by atoms with Crippen molar-refractivity contribution in [1.82, 2.24) is 19.6 Å². The van der Waals surface area contributed by atoms with Gasteiger partial charge in [0.1, 0.15) is 5.52 Å². The lowest BCUT2D eigenvalue weighted by Crippen LogP contribution is -2.27. The fraction of sp³-hybridized carbons (Fsp3) is 0.292. The summed E-state index contributed by atoms with van der Waals surface area (Å²) in [4.78, 5) is 13.5. The minimum absolute atomic E-state index is 0.122. The van der Waals surface area contributed by atoms with Crippen molar-refractivity contribution in [3.8, 4) is 5.69 Å². The second-order valence-corrected chi connectivity index (χ2v) is 8.02. The smallest absolute Gasteiger partial charge is 0.265 e. The monoisotopic (exact) mass is 386 g/mol. The number of hydrogen-bond donors (Lipinski definition) is 0. The summed E-state index contributed by atoms with van der Waals surface area (Å²) in [5.41, 5.74) is 6.87. The van der Waals surface area contributed by atoms with Crippen molar-refractivity contribution in [3.63, 3.8) is 0 Å². The van der Waals surface area contributed by atoms with Crippen LogP contribution in [0.15, 0.2) is 53.5 Å². The Hall–Kier alpha value is -3.21. The summed E-state index contributed by atoms with van der Waals surface area (Å²) in [7, 11) is 0. The fourth-order valence-electron chi connectivity index (χ4n) is 3.63. The predicted octanol–water partition coefficient (Wildman–Crippen LogP) is 4.68. The lowest BCUT2D eigenvalue weighted by atomic mass is 10.1. The van der Waals surface area contributed by atoms with E-state index in [2.05, 4.69) is 57.9 Å². The Labute approximate surface area is 170 Å². The highest BCUT2D eigenvalue weighted by Crippen LogP contribution is 2.24. The lowest BCUT2D eigenvalue weighted by Gasteiger charge is -2.13. The molecule has 5 nitrogen and oxygen atoms in total. The van der Waals surface area contributed by atoms with Crippen LogP contribution in [0.3, 0.4) is 0 Å². The van der Waals surface area contributed by atoms with Crippen LogP contribution in [0, 0.1) is 20.8 Å². The molecule has 0 spiro atoms. The summed E-state index contributed by atoms with van der Waals surface area (Å²) in [6.45, 7) is 10.8. The number of fused-ring (bicyclic) bond motifs is 1. The zero-order valence-electron chi connectivity index (χ0n) is 17.6. The largest absolute Gasteiger partial charge is 0.293 e. The van der Waals surface area contributed by atoms with Crippen LogP contribution in [0.2, 0.25) is 0 Å². The molecule has 0 N–H and O–H groups in total. The third-order valence-electron chi connectivity index (χ3n) is 5.57. The van der Waals surface area contributed by atoms with Crippen molar-refractivity contribution in [3.05, 3.63) is 87.0 Å². The zero-order valence-corrected chi connectivity index (χ0v) is 17.6. The number of aromatic nitrogens is 4. The number of benzene rings is 2. The van der Waals surface area contributed by atoms with Crippen LogP contribution in [-0.2, 0) is 6.54 Å². The molecular formula is C24H26N4O. The molecular weight excluding hydrogens is 360 g/mol. The van der Waals surface area contributed by atoms with Crippen LogP contribution in [-0.4, -0.2) is 19.6 Å². The molecule has 0 aliphatic heterocycles. The Morgan fingerprint density at radius 1 is 0.966 bits per heavy atom. The Morgan fingerprint density at radius 3 is 2.41 bits per heavy atom. The van der Waals surface area contributed by atoms with Gasteiger partial charge in [-0.1, -0.05) is 44.2 Å². The van der Waals surface area contributed by atoms with Crippen LogP contribution < -0.4 is 5.56 Å². The van der Waals surface area contributed by atoms with Gasteiger partial charge in [-0.15, -0.1) is 0 Å². The van der Waals surface area contributed by atoms with Crippen LogP contribution in [0.5, 0.6) is 0 Å². The third kappa shape index (κ3) is 3.37. The standard InChI is InChI=1S/C24H26N4O/c1-15(2)22-21-13-25-28(20-11-10-16(3)18(5)12-20)23(21)24(29)27(26-22)14-19-9-7-6-8-17(19)4/h6-13,15H,14H2,1-5H3. The van der Waals surface area contributed by atoms with Crippen LogP contribution in [0.4, 0.5) is 0 Å². The average molecular weight is 386 g/mol. The molecule has 0 amide bonds. The molecule has 0 saturated heterocycles. The first-order chi connectivity index (χ1) is 13.9. The van der Waals surface area contributed by atoms with E-state index in [1.165, 1.54) is 11.1 Å². The SMILES string of the molecule is Cc1ccc(-n2ncc3c(C(C)C)nn(Cc4ccccc4C)c(=O)c32)cc1C. The van der Waals surface area contributed by atoms with Gasteiger partial charge >= 0.3 is 0 Å². The van der Waals surface area contributed by atoms with E-state index in [-0.39, 0.29) is 11.5 Å². The van der Waals surface area contributed by atoms with Gasteiger partial charge in [0.15, 0.2) is 0 Å². The van der Waals surface area contributed by atoms with Crippen molar-refractivity contribution >= 4 is 10.9 Å². The van der Waals surface area contributed by atoms with E-state index < -0.39 is 0 Å². The molecule has 4 aromatic rings. The maximum atomic E-state index is 13.5. The second kappa shape index (κ2) is 7.32. The first-order valence-corrected chi connectivity index (χ1v) is 9.97. The first kappa shape index (κ1) is 19.1. The molecule has 0 atom stereocenters. The van der Waals surface area contributed by atoms with Gasteiger partial charge in [-0.3, -0.25) is 4.79 Å². The van der Waals surface area contributed by atoms with Crippen molar-refractivity contribution in [1.29, 1.82) is 0 Å². The Morgan fingerprint density at radius 2 is 1.72 bits per heavy atom. The maximum Gasteiger partial charge on any atom is 0.293 e. The molecule has 2 aromatic carbocycles. The van der Waals surface area contributed by atoms with Crippen molar-refractivity contribution in [2.24, 2.45) is 0 Å². The normalized spacial score (nSPS) is 11.5. The van der Waals surface area contributed by atoms with Crippen LogP contribution in [0.25, 0.3) is 16.6 Å². The molecule has 0 aliphatic rings. The van der Waals surface area contributed by atoms with Gasteiger partial charge in [0.05, 0.1) is 24.1 Å². The Kier molecular flexibility index (Phi) is 4.82. The van der Waals surface area contributed by atoms with E-state index in [9.17, 15) is 4.79 Å². The van der Waals surface area contributed by atoms with Crippen molar-refractivity contribution in [2.75, 3.05) is 0 Å². The highest BCUT2D eigenvalue weighted by Gasteiger charge is 2.19. The molecule has 0 saturated carbocycles. The van der Waals surface area contributed by atoms with E-state index in [0.717, 1.165) is 27.9 Å². The van der Waals surface area contributed by atoms with Gasteiger partial charge in [-0.25, -0.2) is 9.36 Å². The number of aryl methyl sites for hydroxylation is 3. The predicted molar refractivity (Wildman–Crippen MR) is 117 cm³/mol. The van der Waals surface area contributed by atoms with Gasteiger partial charge in [0, 0.05) is 5.39 Å². The van der Waals surface area contributed by atoms with E-state index in [1.807, 2.05) is 24.3 Å². The third-order valence-corrected chi connectivity index (χ3v) is 5.57. The highest BCUT2D eigenvalue weighted by molar-refractivity contribution is 5.82. The summed E-state index contributed by atoms with van der Waals surface area (Å²) >= 11 is 0. The van der Waals surface area contributed by atoms with Crippen LogP contribution in [0.1, 0.15) is 47.7 Å². The molecule has 2 aromatic heterocycles. The molecule has 148 valence electrons. The molecule has 0 fully saturated rings. The average Bonchev–Trinajstić information content (AvgIpc) is 3.13. The molecule has 2 heterocycles. The van der Waals surface area contributed by atoms with Gasteiger partial charge in [-0.2, -0.15) is 10.2 Å². The van der Waals surface area contributed by atoms with E-state index >= 15 is 0 Å². The molecule has 0 bridgehead atoms. The topological polar surface area (TPSA) is 52.7 Å². The van der Waals surface area contributed by atoms with E-state index in [1.54, 1.807) is 15.6 Å². The summed E-state index contributed by atoms with van der Waals surface area (Å²) in [5, 5.41) is 10.1. The van der Waals surface area contributed by atoms with Crippen molar-refractivity contribution < 1.29 is 0 Å². The Balaban J connectivity index is 1.96. The molecule has 4 rings (SSSR count). The zero-order chi connectivity index (χ0) is 20.7. The Bertz CT molecular complexity index is 1260. The van der Waals surface area contributed by atoms with E-state index in [0.29, 0.717) is 12.1 Å². The quantitative estimate of drug-likeness (QED) is 0.512. The molecule has 0 radical (unpaired) electrons. The molecule has 29 heavy (non-hydrogen) atoms. The summed E-state index contributed by atoms with van der Waals surface area (Å²) < 4.78 is 3.34. The maximum absolute atomic E-state index is 13.5. The van der Waals surface area contributed by atoms with Crippen molar-refractivity contribution in [2.45, 2.75) is 47.1 Å². The highest BCUT2D eigenvalue weighted by atomic mass is 16.1. The lowest BCUT2D eigenvalue weighted by molar-refractivity contribution is 0.611. The first-order valence-electron chi connectivity index (χ1n) is 9.97. The second-order valence-electron chi connectivity index (χ2n) is 8.02. The minimum atomic E-state index is -0.122. The minimum Gasteiger partial charge on any atom is -0.265 e. The summed E-state index contributed by atoms with van der Waals surface area (Å²) in [6, 6.07) is 14.2. The molecule has 0 aliphatic carbocycles. The fourth-order valence-corrected chi connectivity index (χ4v) is 3.63. The van der Waals surface area contributed by atoms with Gasteiger partial charge in [-0.05, 0) is 61.1 Å². The van der Waals surface area contributed by atoms with Gasteiger partial charge < -0.3 is 0 Å². The number of nitrogens with zero attached hydrogens (tertiary/aromatic N) is 4. The molecule has 5 heteroatoms. The number of hydrogen-bond acceptors (Lipinski definition) is 3.